The Morgan fingerprint density at radius 1 is 1.20 bits per heavy atom. The molecule has 0 aliphatic heterocycles. The molecule has 1 amide bonds. The zero-order valence-electron chi connectivity index (χ0n) is 16.7. The maximum atomic E-state index is 12.8. The van der Waals surface area contributed by atoms with Crippen molar-refractivity contribution in [3.05, 3.63) is 42.5 Å². The van der Waals surface area contributed by atoms with E-state index in [9.17, 15) is 4.79 Å². The molecule has 1 aliphatic carbocycles. The highest BCUT2D eigenvalue weighted by Gasteiger charge is 2.21. The molecule has 1 aliphatic rings. The number of nitrogens with two attached hydrogens (primary N) is 2. The lowest BCUT2D eigenvalue weighted by atomic mass is 9.92. The average molecular weight is 409 g/mol. The number of hydrogen-bond donors (Lipinski definition) is 5. The van der Waals surface area contributed by atoms with Crippen LogP contribution < -0.4 is 27.4 Å². The van der Waals surface area contributed by atoms with Crippen LogP contribution >= 0.6 is 0 Å². The second kappa shape index (κ2) is 9.06. The summed E-state index contributed by atoms with van der Waals surface area (Å²) in [6.07, 6.45) is 8.73. The van der Waals surface area contributed by atoms with E-state index in [4.69, 9.17) is 11.5 Å². The average Bonchev–Trinajstić information content (AvgIpc) is 3.19. The van der Waals surface area contributed by atoms with Gasteiger partial charge in [0.2, 0.25) is 0 Å². The van der Waals surface area contributed by atoms with Crippen LogP contribution in [0.2, 0.25) is 0 Å². The topological polar surface area (TPSA) is 148 Å². The number of aromatic nitrogens is 4. The summed E-state index contributed by atoms with van der Waals surface area (Å²) in [5.74, 6) is 0.380. The predicted octanol–water partition coefficient (Wildman–Crippen LogP) is 1.43. The van der Waals surface area contributed by atoms with Gasteiger partial charge in [0.15, 0.2) is 11.3 Å². The molecule has 0 radical (unpaired) electrons. The van der Waals surface area contributed by atoms with Crippen molar-refractivity contribution in [1.82, 2.24) is 19.6 Å². The Morgan fingerprint density at radius 2 is 1.97 bits per heavy atom. The quantitative estimate of drug-likeness (QED) is 0.393. The molecule has 0 saturated heterocycles. The van der Waals surface area contributed by atoms with Gasteiger partial charge in [0, 0.05) is 49.3 Å². The first-order valence-corrected chi connectivity index (χ1v) is 10.2. The molecular formula is C20H27N9O. The van der Waals surface area contributed by atoms with Crippen LogP contribution in [0.3, 0.4) is 0 Å². The molecular weight excluding hydrogens is 382 g/mol. The minimum atomic E-state index is -0.299. The van der Waals surface area contributed by atoms with Crippen LogP contribution in [0.15, 0.2) is 36.8 Å². The maximum absolute atomic E-state index is 12.8. The summed E-state index contributed by atoms with van der Waals surface area (Å²) in [5.41, 5.74) is 14.0. The van der Waals surface area contributed by atoms with Crippen LogP contribution in [0.1, 0.15) is 36.2 Å². The number of pyridine rings is 1. The lowest BCUT2D eigenvalue weighted by molar-refractivity contribution is 0.102. The number of nitrogens with one attached hydrogen (secondary N) is 3. The van der Waals surface area contributed by atoms with Gasteiger partial charge in [0.25, 0.3) is 5.91 Å². The van der Waals surface area contributed by atoms with Crippen molar-refractivity contribution < 1.29 is 4.79 Å². The molecule has 0 spiro atoms. The monoisotopic (exact) mass is 409 g/mol. The first-order valence-electron chi connectivity index (χ1n) is 10.2. The smallest absolute Gasteiger partial charge is 0.276 e. The van der Waals surface area contributed by atoms with Crippen molar-refractivity contribution >= 4 is 28.7 Å². The highest BCUT2D eigenvalue weighted by atomic mass is 16.2. The van der Waals surface area contributed by atoms with Gasteiger partial charge in [-0.2, -0.15) is 0 Å². The van der Waals surface area contributed by atoms with E-state index in [1.54, 1.807) is 29.0 Å². The molecule has 7 N–H and O–H groups in total. The molecule has 3 heterocycles. The standard InChI is InChI=1S/C20H27N9O/c21-7-10-24-16-11-18(26-14-3-1-13(22)2-4-14)28-29-17(12-25-19(16)29)20(30)27-15-5-8-23-9-6-15/h5-6,8-9,11-14,24H,1-4,7,10,21-22H2,(H,26,28)(H,23,27,30)/t13-,14-. The summed E-state index contributed by atoms with van der Waals surface area (Å²) in [4.78, 5) is 21.2. The summed E-state index contributed by atoms with van der Waals surface area (Å²) in [5, 5.41) is 14.3. The first kappa shape index (κ1) is 20.0. The lowest BCUT2D eigenvalue weighted by Gasteiger charge is -2.27. The number of fused-ring (bicyclic) bond motifs is 1. The van der Waals surface area contributed by atoms with Crippen molar-refractivity contribution in [2.24, 2.45) is 11.5 Å². The Kier molecular flexibility index (Phi) is 6.05. The van der Waals surface area contributed by atoms with E-state index < -0.39 is 0 Å². The van der Waals surface area contributed by atoms with Gasteiger partial charge in [0.1, 0.15) is 5.82 Å². The third-order valence-electron chi connectivity index (χ3n) is 5.22. The van der Waals surface area contributed by atoms with Crippen LogP contribution in [0, 0.1) is 0 Å². The summed E-state index contributed by atoms with van der Waals surface area (Å²) >= 11 is 0. The molecule has 1 saturated carbocycles. The molecule has 3 aromatic rings. The Morgan fingerprint density at radius 3 is 2.70 bits per heavy atom. The van der Waals surface area contributed by atoms with E-state index in [-0.39, 0.29) is 11.9 Å². The van der Waals surface area contributed by atoms with Gasteiger partial charge in [-0.25, -0.2) is 9.50 Å². The van der Waals surface area contributed by atoms with Gasteiger partial charge in [0.05, 0.1) is 11.9 Å². The number of amides is 1. The second-order valence-corrected chi connectivity index (χ2v) is 7.48. The van der Waals surface area contributed by atoms with Crippen molar-refractivity contribution in [2.45, 2.75) is 37.8 Å². The molecule has 0 aromatic carbocycles. The number of carbonyl (C=O) groups excluding carboxylic acids is 1. The highest BCUT2D eigenvalue weighted by Crippen LogP contribution is 2.24. The highest BCUT2D eigenvalue weighted by molar-refractivity contribution is 6.03. The van der Waals surface area contributed by atoms with Crippen molar-refractivity contribution in [2.75, 3.05) is 29.0 Å². The molecule has 1 fully saturated rings. The van der Waals surface area contributed by atoms with Gasteiger partial charge >= 0.3 is 0 Å². The molecule has 158 valence electrons. The number of rotatable bonds is 7. The number of nitrogens with zero attached hydrogens (tertiary/aromatic N) is 4. The third-order valence-corrected chi connectivity index (χ3v) is 5.22. The van der Waals surface area contributed by atoms with Gasteiger partial charge < -0.3 is 27.4 Å². The summed E-state index contributed by atoms with van der Waals surface area (Å²) < 4.78 is 1.56. The molecule has 4 rings (SSSR count). The first-order chi connectivity index (χ1) is 14.6. The van der Waals surface area contributed by atoms with E-state index in [2.05, 4.69) is 31.0 Å². The van der Waals surface area contributed by atoms with Gasteiger partial charge in [-0.15, -0.1) is 5.10 Å². The largest absolute Gasteiger partial charge is 0.381 e. The van der Waals surface area contributed by atoms with Crippen LogP contribution in [-0.4, -0.2) is 50.7 Å². The molecule has 0 atom stereocenters. The molecule has 0 bridgehead atoms. The zero-order chi connectivity index (χ0) is 20.9. The van der Waals surface area contributed by atoms with Crippen LogP contribution in [-0.2, 0) is 0 Å². The van der Waals surface area contributed by atoms with Gasteiger partial charge in [-0.3, -0.25) is 9.78 Å². The van der Waals surface area contributed by atoms with Crippen molar-refractivity contribution in [3.8, 4) is 0 Å². The van der Waals surface area contributed by atoms with E-state index in [0.29, 0.717) is 42.0 Å². The Balaban J connectivity index is 1.63. The van der Waals surface area contributed by atoms with E-state index in [1.807, 2.05) is 6.07 Å². The number of carbonyl (C=O) groups is 1. The number of hydrogen-bond acceptors (Lipinski definition) is 8. The van der Waals surface area contributed by atoms with Gasteiger partial charge in [-0.1, -0.05) is 0 Å². The minimum absolute atomic E-state index is 0.275. The number of anilines is 3. The second-order valence-electron chi connectivity index (χ2n) is 7.48. The third kappa shape index (κ3) is 4.50. The van der Waals surface area contributed by atoms with E-state index in [0.717, 1.165) is 31.4 Å². The fourth-order valence-corrected chi connectivity index (χ4v) is 3.63. The fraction of sp³-hybridized carbons (Fsp3) is 0.400. The van der Waals surface area contributed by atoms with E-state index in [1.165, 1.54) is 6.20 Å². The zero-order valence-corrected chi connectivity index (χ0v) is 16.7. The Bertz CT molecular complexity index is 996. The summed E-state index contributed by atoms with van der Waals surface area (Å²) in [7, 11) is 0. The van der Waals surface area contributed by atoms with E-state index >= 15 is 0 Å². The lowest BCUT2D eigenvalue weighted by Crippen LogP contribution is -2.33. The minimum Gasteiger partial charge on any atom is -0.381 e. The van der Waals surface area contributed by atoms with Gasteiger partial charge in [-0.05, 0) is 37.8 Å². The Hall–Kier alpha value is -3.24. The van der Waals surface area contributed by atoms with Crippen LogP contribution in [0.4, 0.5) is 17.2 Å². The van der Waals surface area contributed by atoms with Crippen LogP contribution in [0.25, 0.3) is 5.65 Å². The number of imidazole rings is 1. The normalized spacial score (nSPS) is 18.9. The predicted molar refractivity (Wildman–Crippen MR) is 117 cm³/mol. The Labute approximate surface area is 174 Å². The fourth-order valence-electron chi connectivity index (χ4n) is 3.63. The maximum Gasteiger partial charge on any atom is 0.276 e. The van der Waals surface area contributed by atoms with Crippen molar-refractivity contribution in [1.29, 1.82) is 0 Å². The molecule has 30 heavy (non-hydrogen) atoms. The summed E-state index contributed by atoms with van der Waals surface area (Å²) in [6, 6.07) is 5.94. The molecule has 3 aromatic heterocycles. The summed E-state index contributed by atoms with van der Waals surface area (Å²) in [6.45, 7) is 1.07. The van der Waals surface area contributed by atoms with Crippen LogP contribution in [0.5, 0.6) is 0 Å². The molecule has 10 heteroatoms. The SMILES string of the molecule is NCCNc1cc(N[C@H]2CC[C@H](N)CC2)nn2c(C(=O)Nc3ccncc3)cnc12. The molecule has 10 nitrogen and oxygen atoms in total. The molecule has 0 unspecified atom stereocenters. The van der Waals surface area contributed by atoms with Crippen molar-refractivity contribution in [3.63, 3.8) is 0 Å².